The van der Waals surface area contributed by atoms with Gasteiger partial charge in [-0.15, -0.1) is 0 Å². The van der Waals surface area contributed by atoms with E-state index >= 15 is 0 Å². The van der Waals surface area contributed by atoms with Gasteiger partial charge in [-0.05, 0) is 29.8 Å². The van der Waals surface area contributed by atoms with E-state index in [1.165, 1.54) is 23.5 Å². The lowest BCUT2D eigenvalue weighted by atomic mass is 10.2. The van der Waals surface area contributed by atoms with E-state index in [0.29, 0.717) is 10.2 Å². The molecule has 0 heterocycles. The zero-order valence-corrected chi connectivity index (χ0v) is 16.3. The van der Waals surface area contributed by atoms with Gasteiger partial charge in [0.1, 0.15) is 10.6 Å². The quantitative estimate of drug-likeness (QED) is 0.685. The smallest absolute Gasteiger partial charge is 0.246 e. The summed E-state index contributed by atoms with van der Waals surface area (Å²) < 4.78 is 32.4. The minimum Gasteiger partial charge on any atom is -0.497 e. The Balaban J connectivity index is 2.31. The molecule has 2 aromatic carbocycles. The summed E-state index contributed by atoms with van der Waals surface area (Å²) in [6, 6.07) is 10.2. The summed E-state index contributed by atoms with van der Waals surface area (Å²) in [4.78, 5) is -0.0972. The van der Waals surface area contributed by atoms with Crippen molar-refractivity contribution in [2.24, 2.45) is 0 Å². The molecule has 0 N–H and O–H groups in total. The highest BCUT2D eigenvalue weighted by Gasteiger charge is 2.27. The molecule has 0 aliphatic heterocycles. The van der Waals surface area contributed by atoms with Crippen molar-refractivity contribution in [2.75, 3.05) is 14.2 Å². The fourth-order valence-electron chi connectivity index (χ4n) is 2.00. The van der Waals surface area contributed by atoms with Crippen molar-refractivity contribution in [2.45, 2.75) is 11.4 Å². The Kier molecular flexibility index (Phi) is 5.97. The molecule has 0 amide bonds. The van der Waals surface area contributed by atoms with Gasteiger partial charge in [-0.25, -0.2) is 8.42 Å². The van der Waals surface area contributed by atoms with Crippen LogP contribution >= 0.6 is 39.1 Å². The Bertz CT molecular complexity index is 787. The monoisotopic (exact) mass is 437 g/mol. The van der Waals surface area contributed by atoms with E-state index in [1.807, 2.05) is 0 Å². The van der Waals surface area contributed by atoms with Crippen molar-refractivity contribution in [3.05, 3.63) is 56.5 Å². The van der Waals surface area contributed by atoms with Crippen LogP contribution in [0.3, 0.4) is 0 Å². The number of rotatable bonds is 5. The molecule has 0 saturated heterocycles. The molecule has 0 bridgehead atoms. The molecule has 0 aliphatic carbocycles. The van der Waals surface area contributed by atoms with Crippen LogP contribution in [-0.2, 0) is 16.6 Å². The van der Waals surface area contributed by atoms with Gasteiger partial charge in [0.05, 0.1) is 17.2 Å². The van der Waals surface area contributed by atoms with Crippen molar-refractivity contribution in [1.29, 1.82) is 0 Å². The average molecular weight is 439 g/mol. The normalized spacial score (nSPS) is 11.7. The third-order valence-corrected chi connectivity index (χ3v) is 6.38. The zero-order valence-electron chi connectivity index (χ0n) is 12.4. The maximum absolute atomic E-state index is 12.7. The number of hydrogen-bond acceptors (Lipinski definition) is 3. The molecular formula is C15H14BrCl2NO3S. The van der Waals surface area contributed by atoms with Gasteiger partial charge >= 0.3 is 0 Å². The van der Waals surface area contributed by atoms with Crippen LogP contribution in [0.15, 0.2) is 45.8 Å². The highest BCUT2D eigenvalue weighted by atomic mass is 79.9. The summed E-state index contributed by atoms with van der Waals surface area (Å²) in [6.45, 7) is 0.190. The third kappa shape index (κ3) is 4.19. The summed E-state index contributed by atoms with van der Waals surface area (Å²) in [7, 11) is -0.761. The minimum absolute atomic E-state index is 0.0750. The summed E-state index contributed by atoms with van der Waals surface area (Å²) >= 11 is 15.4. The first kappa shape index (κ1) is 18.5. The van der Waals surface area contributed by atoms with Crippen LogP contribution in [0.5, 0.6) is 5.75 Å². The highest BCUT2D eigenvalue weighted by Crippen LogP contribution is 2.34. The van der Waals surface area contributed by atoms with Crippen LogP contribution in [0.2, 0.25) is 10.0 Å². The Morgan fingerprint density at radius 3 is 2.13 bits per heavy atom. The van der Waals surface area contributed by atoms with Gasteiger partial charge in [-0.3, -0.25) is 0 Å². The molecule has 4 nitrogen and oxygen atoms in total. The van der Waals surface area contributed by atoms with Gasteiger partial charge in [0.2, 0.25) is 10.0 Å². The summed E-state index contributed by atoms with van der Waals surface area (Å²) in [5.74, 6) is 0.707. The van der Waals surface area contributed by atoms with E-state index in [2.05, 4.69) is 15.9 Å². The molecule has 0 aromatic heterocycles. The zero-order chi connectivity index (χ0) is 17.2. The standard InChI is InChI=1S/C15H14BrCl2NO3S/c1-19(9-10-3-5-12(22-2)6-4-10)23(20,21)15-13(17)7-11(16)8-14(15)18/h3-8H,9H2,1-2H3. The van der Waals surface area contributed by atoms with Gasteiger partial charge in [-0.1, -0.05) is 51.3 Å². The molecule has 0 radical (unpaired) electrons. The molecule has 124 valence electrons. The van der Waals surface area contributed by atoms with Crippen molar-refractivity contribution in [3.63, 3.8) is 0 Å². The van der Waals surface area contributed by atoms with Crippen LogP contribution in [0.25, 0.3) is 0 Å². The number of hydrogen-bond donors (Lipinski definition) is 0. The highest BCUT2D eigenvalue weighted by molar-refractivity contribution is 9.10. The second-order valence-electron chi connectivity index (χ2n) is 4.81. The van der Waals surface area contributed by atoms with Gasteiger partial charge in [-0.2, -0.15) is 4.31 Å². The summed E-state index contributed by atoms with van der Waals surface area (Å²) in [6.07, 6.45) is 0. The molecule has 23 heavy (non-hydrogen) atoms. The Morgan fingerprint density at radius 2 is 1.65 bits per heavy atom. The number of methoxy groups -OCH3 is 1. The summed E-state index contributed by atoms with van der Waals surface area (Å²) in [5, 5.41) is 0.150. The Hall–Kier alpha value is -0.790. The predicted octanol–water partition coefficient (Wildman–Crippen LogP) is 4.59. The largest absolute Gasteiger partial charge is 0.497 e. The average Bonchev–Trinajstić information content (AvgIpc) is 2.46. The van der Waals surface area contributed by atoms with E-state index < -0.39 is 10.0 Å². The fourth-order valence-corrected chi connectivity index (χ4v) is 5.04. The van der Waals surface area contributed by atoms with Crippen molar-refractivity contribution < 1.29 is 13.2 Å². The van der Waals surface area contributed by atoms with E-state index in [0.717, 1.165) is 5.56 Å². The molecule has 0 spiro atoms. The SMILES string of the molecule is COc1ccc(CN(C)S(=O)(=O)c2c(Cl)cc(Br)cc2Cl)cc1. The lowest BCUT2D eigenvalue weighted by molar-refractivity contribution is 0.414. The maximum Gasteiger partial charge on any atom is 0.246 e. The van der Waals surface area contributed by atoms with Crippen LogP contribution in [0, 0.1) is 0 Å². The van der Waals surface area contributed by atoms with Crippen LogP contribution < -0.4 is 4.74 Å². The van der Waals surface area contributed by atoms with E-state index in [1.54, 1.807) is 31.4 Å². The number of halogens is 3. The lowest BCUT2D eigenvalue weighted by Crippen LogP contribution is -2.27. The molecular weight excluding hydrogens is 425 g/mol. The van der Waals surface area contributed by atoms with Crippen LogP contribution in [-0.4, -0.2) is 26.9 Å². The van der Waals surface area contributed by atoms with E-state index in [4.69, 9.17) is 27.9 Å². The lowest BCUT2D eigenvalue weighted by Gasteiger charge is -2.19. The third-order valence-electron chi connectivity index (χ3n) is 3.20. The minimum atomic E-state index is -3.81. The van der Waals surface area contributed by atoms with Crippen molar-refractivity contribution in [3.8, 4) is 5.75 Å². The Labute approximate surface area is 154 Å². The molecule has 0 saturated carbocycles. The first-order valence-corrected chi connectivity index (χ1v) is 9.48. The van der Waals surface area contributed by atoms with Gasteiger partial charge in [0.25, 0.3) is 0 Å². The fraction of sp³-hybridized carbons (Fsp3) is 0.200. The summed E-state index contributed by atoms with van der Waals surface area (Å²) in [5.41, 5.74) is 0.821. The first-order chi connectivity index (χ1) is 10.8. The molecule has 0 aliphatic rings. The van der Waals surface area contributed by atoms with Crippen LogP contribution in [0.4, 0.5) is 0 Å². The molecule has 2 rings (SSSR count). The van der Waals surface area contributed by atoms with Gasteiger partial charge < -0.3 is 4.74 Å². The van der Waals surface area contributed by atoms with E-state index in [9.17, 15) is 8.42 Å². The second-order valence-corrected chi connectivity index (χ2v) is 8.52. The molecule has 0 fully saturated rings. The van der Waals surface area contributed by atoms with Gasteiger partial charge in [0, 0.05) is 18.1 Å². The number of nitrogens with zero attached hydrogens (tertiary/aromatic N) is 1. The molecule has 2 aromatic rings. The molecule has 0 unspecified atom stereocenters. The van der Waals surface area contributed by atoms with Crippen molar-refractivity contribution >= 4 is 49.2 Å². The molecule has 8 heteroatoms. The second kappa shape index (κ2) is 7.40. The topological polar surface area (TPSA) is 46.6 Å². The van der Waals surface area contributed by atoms with Gasteiger partial charge in [0.15, 0.2) is 0 Å². The number of ether oxygens (including phenoxy) is 1. The van der Waals surface area contributed by atoms with Crippen molar-refractivity contribution in [1.82, 2.24) is 4.31 Å². The maximum atomic E-state index is 12.7. The Morgan fingerprint density at radius 1 is 1.13 bits per heavy atom. The number of sulfonamides is 1. The van der Waals surface area contributed by atoms with E-state index in [-0.39, 0.29) is 21.5 Å². The predicted molar refractivity (Wildman–Crippen MR) is 95.8 cm³/mol. The number of benzene rings is 2. The first-order valence-electron chi connectivity index (χ1n) is 6.49. The van der Waals surface area contributed by atoms with Crippen LogP contribution in [0.1, 0.15) is 5.56 Å². The molecule has 0 atom stereocenters.